The van der Waals surface area contributed by atoms with Gasteiger partial charge in [-0.2, -0.15) is 4.31 Å². The maximum atomic E-state index is 12.8. The summed E-state index contributed by atoms with van der Waals surface area (Å²) in [4.78, 5) is 27.6. The molecule has 0 bridgehead atoms. The molecule has 0 aliphatic carbocycles. The molecule has 0 aromatic heterocycles. The third-order valence-electron chi connectivity index (χ3n) is 4.77. The number of nitrogens with zero attached hydrogens (tertiary/aromatic N) is 2. The van der Waals surface area contributed by atoms with Crippen LogP contribution in [0.25, 0.3) is 0 Å². The van der Waals surface area contributed by atoms with E-state index in [1.165, 1.54) is 31.3 Å². The van der Waals surface area contributed by atoms with Gasteiger partial charge in [-0.25, -0.2) is 8.42 Å². The second-order valence-corrected chi connectivity index (χ2v) is 11.1. The van der Waals surface area contributed by atoms with Crippen molar-refractivity contribution in [2.75, 3.05) is 31.6 Å². The minimum atomic E-state index is -3.89. The van der Waals surface area contributed by atoms with E-state index >= 15 is 0 Å². The Balaban J connectivity index is 1.60. The minimum Gasteiger partial charge on any atom is -0.455 e. The van der Waals surface area contributed by atoms with E-state index in [0.717, 1.165) is 21.3 Å². The molecule has 0 saturated carbocycles. The summed E-state index contributed by atoms with van der Waals surface area (Å²) in [6, 6.07) is 13.2. The maximum Gasteiger partial charge on any atom is 0.321 e. The fourth-order valence-corrected chi connectivity index (χ4v) is 5.42. The molecule has 0 radical (unpaired) electrons. The van der Waals surface area contributed by atoms with E-state index in [1.54, 1.807) is 16.7 Å². The Labute approximate surface area is 191 Å². The van der Waals surface area contributed by atoms with Gasteiger partial charge in [0, 0.05) is 28.8 Å². The molecule has 10 heteroatoms. The lowest BCUT2D eigenvalue weighted by atomic mass is 10.2. The second-order valence-electron chi connectivity index (χ2n) is 7.11. The van der Waals surface area contributed by atoms with Crippen molar-refractivity contribution in [2.45, 2.75) is 28.4 Å². The van der Waals surface area contributed by atoms with Gasteiger partial charge < -0.3 is 9.64 Å². The summed E-state index contributed by atoms with van der Waals surface area (Å²) in [5.41, 5.74) is 0.792. The number of thioether (sulfide) groups is 1. The van der Waals surface area contributed by atoms with Crippen LogP contribution < -0.4 is 4.90 Å². The molecule has 3 rings (SSSR count). The van der Waals surface area contributed by atoms with Crippen LogP contribution in [0.2, 0.25) is 5.02 Å². The first-order valence-electron chi connectivity index (χ1n) is 9.62. The van der Waals surface area contributed by atoms with Crippen molar-refractivity contribution < 1.29 is 22.7 Å². The van der Waals surface area contributed by atoms with Gasteiger partial charge in [0.1, 0.15) is 6.54 Å². The third-order valence-corrected chi connectivity index (χ3v) is 8.08. The molecule has 1 aliphatic heterocycles. The van der Waals surface area contributed by atoms with Crippen molar-refractivity contribution in [3.05, 3.63) is 53.6 Å². The lowest BCUT2D eigenvalue weighted by Crippen LogP contribution is -2.38. The fourth-order valence-electron chi connectivity index (χ4n) is 3.06. The highest BCUT2D eigenvalue weighted by atomic mass is 35.5. The molecule has 0 N–H and O–H groups in total. The number of benzene rings is 2. The molecule has 0 fully saturated rings. The van der Waals surface area contributed by atoms with Crippen LogP contribution in [0.3, 0.4) is 0 Å². The quantitative estimate of drug-likeness (QED) is 0.586. The topological polar surface area (TPSA) is 84.0 Å². The molecule has 2 aromatic carbocycles. The van der Waals surface area contributed by atoms with Crippen molar-refractivity contribution in [2.24, 2.45) is 0 Å². The monoisotopic (exact) mass is 482 g/mol. The van der Waals surface area contributed by atoms with Gasteiger partial charge in [0.25, 0.3) is 5.91 Å². The fraction of sp³-hybridized carbons (Fsp3) is 0.333. The summed E-state index contributed by atoms with van der Waals surface area (Å²) in [5, 5.41) is 0.760. The van der Waals surface area contributed by atoms with E-state index < -0.39 is 29.1 Å². The number of anilines is 1. The Morgan fingerprint density at radius 3 is 2.58 bits per heavy atom. The zero-order valence-corrected chi connectivity index (χ0v) is 19.5. The summed E-state index contributed by atoms with van der Waals surface area (Å²) in [6.07, 6.45) is 0.807. The Kier molecular flexibility index (Phi) is 7.64. The molecule has 0 saturated heterocycles. The molecule has 1 unspecified atom stereocenters. The number of para-hydroxylation sites is 1. The number of sulfonamides is 1. The van der Waals surface area contributed by atoms with Gasteiger partial charge in [0.05, 0.1) is 10.6 Å². The first-order valence-corrected chi connectivity index (χ1v) is 12.3. The van der Waals surface area contributed by atoms with Crippen LogP contribution in [-0.4, -0.2) is 56.6 Å². The highest BCUT2D eigenvalue weighted by molar-refractivity contribution is 8.00. The van der Waals surface area contributed by atoms with Gasteiger partial charge in [0.2, 0.25) is 10.0 Å². The molecule has 1 heterocycles. The molecule has 31 heavy (non-hydrogen) atoms. The number of hydrogen-bond acceptors (Lipinski definition) is 6. The van der Waals surface area contributed by atoms with Gasteiger partial charge >= 0.3 is 5.97 Å². The Morgan fingerprint density at radius 2 is 1.87 bits per heavy atom. The summed E-state index contributed by atoms with van der Waals surface area (Å²) < 4.78 is 31.1. The molecule has 7 nitrogen and oxygen atoms in total. The molecule has 2 aromatic rings. The molecule has 1 aliphatic rings. The van der Waals surface area contributed by atoms with Crippen molar-refractivity contribution in [1.82, 2.24) is 4.31 Å². The molecule has 1 amide bonds. The van der Waals surface area contributed by atoms with Gasteiger partial charge in [-0.05, 0) is 42.8 Å². The zero-order chi connectivity index (χ0) is 22.6. The van der Waals surface area contributed by atoms with Gasteiger partial charge in [-0.15, -0.1) is 11.8 Å². The Bertz CT molecular complexity index is 1060. The average molecular weight is 483 g/mol. The highest BCUT2D eigenvalue weighted by Crippen LogP contribution is 2.37. The van der Waals surface area contributed by atoms with E-state index in [2.05, 4.69) is 6.92 Å². The molecule has 166 valence electrons. The largest absolute Gasteiger partial charge is 0.455 e. The normalized spacial score (nSPS) is 16.5. The first-order chi connectivity index (χ1) is 14.7. The lowest BCUT2D eigenvalue weighted by Gasteiger charge is -2.22. The Morgan fingerprint density at radius 1 is 1.19 bits per heavy atom. The lowest BCUT2D eigenvalue weighted by molar-refractivity contribution is -0.147. The molecule has 0 spiro atoms. The smallest absolute Gasteiger partial charge is 0.321 e. The summed E-state index contributed by atoms with van der Waals surface area (Å²) >= 11 is 7.50. The van der Waals surface area contributed by atoms with E-state index in [9.17, 15) is 18.0 Å². The number of likely N-dealkylation sites (N-methyl/N-ethyl adjacent to an activating group) is 1. The van der Waals surface area contributed by atoms with Gasteiger partial charge in [-0.3, -0.25) is 9.59 Å². The van der Waals surface area contributed by atoms with E-state index in [4.69, 9.17) is 16.3 Å². The van der Waals surface area contributed by atoms with Crippen molar-refractivity contribution in [3.63, 3.8) is 0 Å². The van der Waals surface area contributed by atoms with Crippen LogP contribution >= 0.6 is 23.4 Å². The van der Waals surface area contributed by atoms with Gasteiger partial charge in [-0.1, -0.05) is 30.7 Å². The standard InChI is InChI=1S/C21H23ClN2O5S2/c1-15-11-12-24(18-5-3-4-6-19(18)30-15)20(25)14-29-21(26)13-23(2)31(27,28)17-9-7-16(22)8-10-17/h3-10,15H,11-14H2,1-2H3. The maximum absolute atomic E-state index is 12.8. The number of esters is 1. The van der Waals surface area contributed by atoms with Crippen LogP contribution in [-0.2, 0) is 24.3 Å². The zero-order valence-electron chi connectivity index (χ0n) is 17.2. The molecular weight excluding hydrogens is 460 g/mol. The number of carbonyl (C=O) groups is 2. The number of fused-ring (bicyclic) bond motifs is 1. The average Bonchev–Trinajstić information content (AvgIpc) is 2.90. The third kappa shape index (κ3) is 5.79. The Hall–Kier alpha value is -2.07. The number of halogens is 1. The van der Waals surface area contributed by atoms with Crippen LogP contribution in [0.15, 0.2) is 58.3 Å². The summed E-state index contributed by atoms with van der Waals surface area (Å²) in [7, 11) is -2.61. The molecule has 1 atom stereocenters. The number of carbonyl (C=O) groups excluding carboxylic acids is 2. The van der Waals surface area contributed by atoms with Crippen LogP contribution in [0, 0.1) is 0 Å². The number of hydrogen-bond donors (Lipinski definition) is 0. The van der Waals surface area contributed by atoms with Crippen molar-refractivity contribution >= 4 is 50.9 Å². The van der Waals surface area contributed by atoms with E-state index in [1.807, 2.05) is 24.3 Å². The second kappa shape index (κ2) is 10.0. The van der Waals surface area contributed by atoms with Crippen molar-refractivity contribution in [3.8, 4) is 0 Å². The SMILES string of the molecule is CC1CCN(C(=O)COC(=O)CN(C)S(=O)(=O)c2ccc(Cl)cc2)c2ccccc2S1. The number of ether oxygens (including phenoxy) is 1. The van der Waals surface area contributed by atoms with Crippen molar-refractivity contribution in [1.29, 1.82) is 0 Å². The van der Waals surface area contributed by atoms with Crippen LogP contribution in [0.1, 0.15) is 13.3 Å². The molecular formula is C21H23ClN2O5S2. The highest BCUT2D eigenvalue weighted by Gasteiger charge is 2.27. The summed E-state index contributed by atoms with van der Waals surface area (Å²) in [6.45, 7) is 1.65. The van der Waals surface area contributed by atoms with E-state index in [-0.39, 0.29) is 10.8 Å². The number of rotatable bonds is 6. The van der Waals surface area contributed by atoms with E-state index in [0.29, 0.717) is 16.8 Å². The predicted octanol–water partition coefficient (Wildman–Crippen LogP) is 3.42. The van der Waals surface area contributed by atoms with Gasteiger partial charge in [0.15, 0.2) is 6.61 Å². The van der Waals surface area contributed by atoms with Crippen LogP contribution in [0.5, 0.6) is 0 Å². The predicted molar refractivity (Wildman–Crippen MR) is 121 cm³/mol. The number of amides is 1. The summed E-state index contributed by atoms with van der Waals surface area (Å²) in [5.74, 6) is -1.15. The first kappa shape index (κ1) is 23.6. The van der Waals surface area contributed by atoms with Crippen LogP contribution in [0.4, 0.5) is 5.69 Å². The minimum absolute atomic E-state index is 0.0102.